The molecule has 0 atom stereocenters. The van der Waals surface area contributed by atoms with Crippen LogP contribution in [0.2, 0.25) is 0 Å². The highest BCUT2D eigenvalue weighted by molar-refractivity contribution is 5.83. The summed E-state index contributed by atoms with van der Waals surface area (Å²) in [6.45, 7) is 6.90. The molecule has 0 amide bonds. The number of anilines is 1. The fourth-order valence-corrected chi connectivity index (χ4v) is 2.30. The molecule has 0 unspecified atom stereocenters. The second-order valence-corrected chi connectivity index (χ2v) is 5.24. The third-order valence-corrected chi connectivity index (χ3v) is 3.13. The van der Waals surface area contributed by atoms with Gasteiger partial charge in [0.05, 0.1) is 12.1 Å². The normalized spacial score (nSPS) is 11.9. The van der Waals surface area contributed by atoms with Gasteiger partial charge in [-0.2, -0.15) is 0 Å². The van der Waals surface area contributed by atoms with Gasteiger partial charge in [0, 0.05) is 12.0 Å². The van der Waals surface area contributed by atoms with Crippen LogP contribution >= 0.6 is 0 Å². The number of nitrogen functional groups attached to an aromatic ring is 1. The number of ether oxygens (including phenoxy) is 1. The van der Waals surface area contributed by atoms with Crippen molar-refractivity contribution in [3.63, 3.8) is 0 Å². The summed E-state index contributed by atoms with van der Waals surface area (Å²) < 4.78 is 7.22. The number of rotatable bonds is 4. The lowest BCUT2D eigenvalue weighted by molar-refractivity contribution is -0.0225. The molecule has 0 saturated carbocycles. The van der Waals surface area contributed by atoms with Gasteiger partial charge in [0.2, 0.25) is 0 Å². The third-order valence-electron chi connectivity index (χ3n) is 3.13. The molecule has 0 radical (unpaired) electrons. The van der Waals surface area contributed by atoms with E-state index in [0.717, 1.165) is 5.39 Å². The van der Waals surface area contributed by atoms with Crippen molar-refractivity contribution in [2.45, 2.75) is 32.9 Å². The van der Waals surface area contributed by atoms with Crippen molar-refractivity contribution in [3.8, 4) is 0 Å². The van der Waals surface area contributed by atoms with Crippen LogP contribution in [0.1, 0.15) is 20.8 Å². The highest BCUT2D eigenvalue weighted by Crippen LogP contribution is 2.17. The van der Waals surface area contributed by atoms with Crippen LogP contribution in [0.15, 0.2) is 35.1 Å². The number of aromatic nitrogens is 1. The number of fused-ring (bicyclic) bond motifs is 1. The predicted octanol–water partition coefficient (Wildman–Crippen LogP) is 2.40. The minimum absolute atomic E-state index is 0.0663. The van der Waals surface area contributed by atoms with Gasteiger partial charge in [0.15, 0.2) is 0 Å². The first kappa shape index (κ1) is 13.6. The Labute approximate surface area is 112 Å². The zero-order chi connectivity index (χ0) is 14.0. The van der Waals surface area contributed by atoms with Crippen LogP contribution in [-0.4, -0.2) is 16.8 Å². The van der Waals surface area contributed by atoms with Gasteiger partial charge < -0.3 is 10.5 Å². The molecule has 1 heterocycles. The quantitative estimate of drug-likeness (QED) is 0.918. The Balaban J connectivity index is 2.52. The standard InChI is InChI=1S/C15H20N2O2/c1-4-19-15(2,3)10-17-13(16)9-11-7-5-6-8-12(11)14(17)18/h5-9H,4,10,16H2,1-3H3. The molecule has 0 aliphatic rings. The van der Waals surface area contributed by atoms with E-state index in [-0.39, 0.29) is 5.56 Å². The van der Waals surface area contributed by atoms with Gasteiger partial charge >= 0.3 is 0 Å². The van der Waals surface area contributed by atoms with Crippen LogP contribution in [0.4, 0.5) is 5.82 Å². The molecule has 0 bridgehead atoms. The lowest BCUT2D eigenvalue weighted by atomic mass is 10.1. The monoisotopic (exact) mass is 260 g/mol. The first-order chi connectivity index (χ1) is 8.94. The van der Waals surface area contributed by atoms with Crippen molar-refractivity contribution >= 4 is 16.6 Å². The molecule has 1 aromatic carbocycles. The highest BCUT2D eigenvalue weighted by Gasteiger charge is 2.20. The lowest BCUT2D eigenvalue weighted by Crippen LogP contribution is -2.36. The van der Waals surface area contributed by atoms with Crippen LogP contribution in [-0.2, 0) is 11.3 Å². The summed E-state index contributed by atoms with van der Waals surface area (Å²) in [5.41, 5.74) is 5.51. The van der Waals surface area contributed by atoms with Crippen molar-refractivity contribution < 1.29 is 4.74 Å². The molecule has 0 aliphatic heterocycles. The molecule has 0 aliphatic carbocycles. The number of benzene rings is 1. The Bertz CT molecular complexity index is 644. The molecule has 4 heteroatoms. The summed E-state index contributed by atoms with van der Waals surface area (Å²) in [7, 11) is 0. The van der Waals surface area contributed by atoms with Gasteiger partial charge in [-0.05, 0) is 38.3 Å². The summed E-state index contributed by atoms with van der Waals surface area (Å²) in [5.74, 6) is 0.469. The third kappa shape index (κ3) is 2.79. The molecule has 2 rings (SSSR count). The van der Waals surface area contributed by atoms with Crippen molar-refractivity contribution in [2.24, 2.45) is 0 Å². The average Bonchev–Trinajstić information content (AvgIpc) is 2.34. The number of pyridine rings is 1. The van der Waals surface area contributed by atoms with E-state index < -0.39 is 5.60 Å². The number of hydrogen-bond acceptors (Lipinski definition) is 3. The van der Waals surface area contributed by atoms with E-state index in [0.29, 0.717) is 24.4 Å². The maximum atomic E-state index is 12.5. The number of nitrogens with two attached hydrogens (primary N) is 1. The van der Waals surface area contributed by atoms with Crippen molar-refractivity contribution in [3.05, 3.63) is 40.7 Å². The van der Waals surface area contributed by atoms with Crippen molar-refractivity contribution in [1.82, 2.24) is 4.57 Å². The number of nitrogens with zero attached hydrogens (tertiary/aromatic N) is 1. The molecule has 0 saturated heterocycles. The maximum absolute atomic E-state index is 12.5. The Hall–Kier alpha value is -1.81. The van der Waals surface area contributed by atoms with Crippen LogP contribution in [0.5, 0.6) is 0 Å². The Kier molecular flexibility index (Phi) is 3.62. The van der Waals surface area contributed by atoms with E-state index in [4.69, 9.17) is 10.5 Å². The molecule has 2 N–H and O–H groups in total. The molecule has 102 valence electrons. The van der Waals surface area contributed by atoms with E-state index >= 15 is 0 Å². The first-order valence-corrected chi connectivity index (χ1v) is 6.46. The Morgan fingerprint density at radius 2 is 2.00 bits per heavy atom. The minimum atomic E-state index is -0.421. The van der Waals surface area contributed by atoms with Crippen molar-refractivity contribution in [2.75, 3.05) is 12.3 Å². The fourth-order valence-electron chi connectivity index (χ4n) is 2.30. The summed E-state index contributed by atoms with van der Waals surface area (Å²) in [5, 5.41) is 1.56. The predicted molar refractivity (Wildman–Crippen MR) is 78.3 cm³/mol. The van der Waals surface area contributed by atoms with E-state index in [1.807, 2.05) is 51.1 Å². The Morgan fingerprint density at radius 1 is 1.32 bits per heavy atom. The van der Waals surface area contributed by atoms with Gasteiger partial charge in [-0.3, -0.25) is 9.36 Å². The first-order valence-electron chi connectivity index (χ1n) is 6.46. The van der Waals surface area contributed by atoms with E-state index in [2.05, 4.69) is 0 Å². The van der Waals surface area contributed by atoms with Crippen molar-refractivity contribution in [1.29, 1.82) is 0 Å². The maximum Gasteiger partial charge on any atom is 0.260 e. The highest BCUT2D eigenvalue weighted by atomic mass is 16.5. The average molecular weight is 260 g/mol. The van der Waals surface area contributed by atoms with Gasteiger partial charge in [-0.25, -0.2) is 0 Å². The number of hydrogen-bond donors (Lipinski definition) is 1. The van der Waals surface area contributed by atoms with Crippen LogP contribution in [0.25, 0.3) is 10.8 Å². The molecule has 4 nitrogen and oxygen atoms in total. The smallest absolute Gasteiger partial charge is 0.260 e. The summed E-state index contributed by atoms with van der Waals surface area (Å²) in [4.78, 5) is 12.5. The van der Waals surface area contributed by atoms with Crippen LogP contribution < -0.4 is 11.3 Å². The lowest BCUT2D eigenvalue weighted by Gasteiger charge is -2.26. The Morgan fingerprint density at radius 3 is 2.68 bits per heavy atom. The second kappa shape index (κ2) is 5.05. The summed E-state index contributed by atoms with van der Waals surface area (Å²) in [6, 6.07) is 9.30. The second-order valence-electron chi connectivity index (χ2n) is 5.24. The zero-order valence-corrected chi connectivity index (χ0v) is 11.6. The van der Waals surface area contributed by atoms with Crippen LogP contribution in [0.3, 0.4) is 0 Å². The molecule has 0 spiro atoms. The summed E-state index contributed by atoms with van der Waals surface area (Å²) in [6.07, 6.45) is 0. The SMILES string of the molecule is CCOC(C)(C)Cn1c(N)cc2ccccc2c1=O. The molecule has 1 aromatic heterocycles. The largest absolute Gasteiger partial charge is 0.385 e. The van der Waals surface area contributed by atoms with Gasteiger partial charge in [-0.15, -0.1) is 0 Å². The van der Waals surface area contributed by atoms with Gasteiger partial charge in [-0.1, -0.05) is 18.2 Å². The molecule has 2 aromatic rings. The van der Waals surface area contributed by atoms with E-state index in [1.54, 1.807) is 4.57 Å². The molecular formula is C15H20N2O2. The minimum Gasteiger partial charge on any atom is -0.385 e. The van der Waals surface area contributed by atoms with E-state index in [9.17, 15) is 4.79 Å². The van der Waals surface area contributed by atoms with Gasteiger partial charge in [0.1, 0.15) is 5.82 Å². The topological polar surface area (TPSA) is 57.2 Å². The zero-order valence-electron chi connectivity index (χ0n) is 11.6. The fraction of sp³-hybridized carbons (Fsp3) is 0.400. The summed E-state index contributed by atoms with van der Waals surface area (Å²) >= 11 is 0. The van der Waals surface area contributed by atoms with Gasteiger partial charge in [0.25, 0.3) is 5.56 Å². The molecule has 0 fully saturated rings. The van der Waals surface area contributed by atoms with E-state index in [1.165, 1.54) is 0 Å². The molecular weight excluding hydrogens is 240 g/mol. The molecule has 19 heavy (non-hydrogen) atoms. The van der Waals surface area contributed by atoms with Crippen LogP contribution in [0, 0.1) is 0 Å².